The van der Waals surface area contributed by atoms with E-state index in [9.17, 15) is 0 Å². The number of hydrogen-bond donors (Lipinski definition) is 1. The minimum atomic E-state index is 0.970. The molecule has 2 heterocycles. The lowest BCUT2D eigenvalue weighted by atomic mass is 10.2. The smallest absolute Gasteiger partial charge is 0.0399 e. The number of para-hydroxylation sites is 1. The molecule has 0 amide bonds. The van der Waals surface area contributed by atoms with Gasteiger partial charge in [-0.15, -0.1) is 0 Å². The van der Waals surface area contributed by atoms with Crippen LogP contribution in [0, 0.1) is 0 Å². The predicted molar refractivity (Wildman–Crippen MR) is 88.8 cm³/mol. The van der Waals surface area contributed by atoms with Crippen molar-refractivity contribution in [2.24, 2.45) is 0 Å². The fraction of sp³-hybridized carbons (Fsp3) is 0.444. The van der Waals surface area contributed by atoms with Gasteiger partial charge in [-0.25, -0.2) is 0 Å². The van der Waals surface area contributed by atoms with E-state index in [1.807, 2.05) is 0 Å². The summed E-state index contributed by atoms with van der Waals surface area (Å²) < 4.78 is 2.30. The van der Waals surface area contributed by atoms with Gasteiger partial charge in [-0.3, -0.25) is 0 Å². The molecule has 0 radical (unpaired) electrons. The van der Waals surface area contributed by atoms with E-state index in [4.69, 9.17) is 0 Å². The Labute approximate surface area is 127 Å². The molecule has 1 aliphatic heterocycles. The van der Waals surface area contributed by atoms with Crippen molar-refractivity contribution in [1.82, 2.24) is 9.88 Å². The summed E-state index contributed by atoms with van der Waals surface area (Å²) in [6.45, 7) is 7.62. The van der Waals surface area contributed by atoms with Gasteiger partial charge < -0.3 is 14.8 Å². The molecule has 1 N–H and O–H groups in total. The third-order valence-electron chi connectivity index (χ3n) is 4.34. The standard InChI is InChI=1S/C18H25N3/c1-2-20-12-5-8-17(20)15-19-11-6-13-21-14-10-16-7-3-4-9-18(16)21/h3-5,7-9,12,19H,2,6,10-11,13-15H2,1H3. The van der Waals surface area contributed by atoms with E-state index in [1.54, 1.807) is 0 Å². The molecular formula is C18H25N3. The van der Waals surface area contributed by atoms with E-state index in [2.05, 4.69) is 64.3 Å². The molecule has 1 aromatic carbocycles. The maximum absolute atomic E-state index is 3.56. The molecule has 0 atom stereocenters. The Hall–Kier alpha value is -1.74. The highest BCUT2D eigenvalue weighted by Crippen LogP contribution is 2.27. The maximum atomic E-state index is 3.56. The topological polar surface area (TPSA) is 20.2 Å². The molecule has 1 aromatic heterocycles. The zero-order chi connectivity index (χ0) is 14.5. The first kappa shape index (κ1) is 14.2. The molecule has 3 nitrogen and oxygen atoms in total. The van der Waals surface area contributed by atoms with Crippen LogP contribution in [0.15, 0.2) is 42.6 Å². The van der Waals surface area contributed by atoms with E-state index in [1.165, 1.54) is 36.3 Å². The zero-order valence-corrected chi connectivity index (χ0v) is 12.9. The van der Waals surface area contributed by atoms with Crippen LogP contribution in [0.2, 0.25) is 0 Å². The van der Waals surface area contributed by atoms with Crippen LogP contribution < -0.4 is 10.2 Å². The van der Waals surface area contributed by atoms with Gasteiger partial charge in [-0.05, 0) is 50.1 Å². The molecule has 0 saturated heterocycles. The summed E-state index contributed by atoms with van der Waals surface area (Å²) in [6, 6.07) is 13.1. The number of rotatable bonds is 7. The van der Waals surface area contributed by atoms with Crippen LogP contribution in [-0.2, 0) is 19.5 Å². The maximum Gasteiger partial charge on any atom is 0.0399 e. The molecule has 0 saturated carbocycles. The largest absolute Gasteiger partial charge is 0.371 e. The van der Waals surface area contributed by atoms with Gasteiger partial charge in [0.25, 0.3) is 0 Å². The SMILES string of the molecule is CCn1cccc1CNCCCN1CCc2ccccc21. The number of nitrogens with one attached hydrogen (secondary N) is 1. The highest BCUT2D eigenvalue weighted by atomic mass is 15.1. The van der Waals surface area contributed by atoms with Crippen LogP contribution in [0.4, 0.5) is 5.69 Å². The number of hydrogen-bond acceptors (Lipinski definition) is 2. The summed E-state index contributed by atoms with van der Waals surface area (Å²) in [5.74, 6) is 0. The van der Waals surface area contributed by atoms with Crippen molar-refractivity contribution in [3.63, 3.8) is 0 Å². The highest BCUT2D eigenvalue weighted by molar-refractivity contribution is 5.57. The summed E-state index contributed by atoms with van der Waals surface area (Å²) in [6.07, 6.45) is 4.55. The van der Waals surface area contributed by atoms with Crippen molar-refractivity contribution in [2.75, 3.05) is 24.5 Å². The van der Waals surface area contributed by atoms with E-state index in [0.29, 0.717) is 0 Å². The number of benzene rings is 1. The monoisotopic (exact) mass is 283 g/mol. The Morgan fingerprint density at radius 1 is 1.14 bits per heavy atom. The summed E-state index contributed by atoms with van der Waals surface area (Å²) in [7, 11) is 0. The lowest BCUT2D eigenvalue weighted by Gasteiger charge is -2.19. The van der Waals surface area contributed by atoms with E-state index in [0.717, 1.165) is 26.2 Å². The van der Waals surface area contributed by atoms with Gasteiger partial charge in [-0.2, -0.15) is 0 Å². The Morgan fingerprint density at radius 2 is 2.05 bits per heavy atom. The molecule has 0 aliphatic carbocycles. The second kappa shape index (κ2) is 6.81. The van der Waals surface area contributed by atoms with Gasteiger partial charge in [0.1, 0.15) is 0 Å². The average Bonchev–Trinajstić information content (AvgIpc) is 3.13. The van der Waals surface area contributed by atoms with Gasteiger partial charge >= 0.3 is 0 Å². The Kier molecular flexibility index (Phi) is 4.61. The molecule has 0 unspecified atom stereocenters. The Bertz CT molecular complexity index is 573. The number of aryl methyl sites for hydroxylation is 1. The van der Waals surface area contributed by atoms with Crippen molar-refractivity contribution in [1.29, 1.82) is 0 Å². The number of aromatic nitrogens is 1. The van der Waals surface area contributed by atoms with Gasteiger partial charge in [0.2, 0.25) is 0 Å². The fourth-order valence-corrected chi connectivity index (χ4v) is 3.17. The van der Waals surface area contributed by atoms with E-state index < -0.39 is 0 Å². The first-order valence-electron chi connectivity index (χ1n) is 8.06. The zero-order valence-electron chi connectivity index (χ0n) is 12.9. The number of nitrogens with zero attached hydrogens (tertiary/aromatic N) is 2. The summed E-state index contributed by atoms with van der Waals surface area (Å²) >= 11 is 0. The molecule has 112 valence electrons. The first-order valence-corrected chi connectivity index (χ1v) is 8.06. The van der Waals surface area contributed by atoms with Crippen LogP contribution in [0.3, 0.4) is 0 Å². The average molecular weight is 283 g/mol. The Morgan fingerprint density at radius 3 is 2.95 bits per heavy atom. The molecule has 0 fully saturated rings. The summed E-state index contributed by atoms with van der Waals surface area (Å²) in [4.78, 5) is 2.52. The van der Waals surface area contributed by atoms with Crippen molar-refractivity contribution in [2.45, 2.75) is 32.9 Å². The molecular weight excluding hydrogens is 258 g/mol. The predicted octanol–water partition coefficient (Wildman–Crippen LogP) is 3.05. The fourth-order valence-electron chi connectivity index (χ4n) is 3.17. The third-order valence-corrected chi connectivity index (χ3v) is 4.34. The normalized spacial score (nSPS) is 13.7. The quantitative estimate of drug-likeness (QED) is 0.788. The van der Waals surface area contributed by atoms with E-state index >= 15 is 0 Å². The van der Waals surface area contributed by atoms with Gasteiger partial charge in [0.15, 0.2) is 0 Å². The molecule has 3 heteroatoms. The summed E-state index contributed by atoms with van der Waals surface area (Å²) in [5.41, 5.74) is 4.33. The number of fused-ring (bicyclic) bond motifs is 1. The van der Waals surface area contributed by atoms with Crippen LogP contribution >= 0.6 is 0 Å². The second-order valence-corrected chi connectivity index (χ2v) is 5.68. The van der Waals surface area contributed by atoms with Gasteiger partial charge in [-0.1, -0.05) is 18.2 Å². The number of anilines is 1. The van der Waals surface area contributed by atoms with Crippen molar-refractivity contribution >= 4 is 5.69 Å². The molecule has 0 spiro atoms. The van der Waals surface area contributed by atoms with Gasteiger partial charge in [0, 0.05) is 43.8 Å². The molecule has 1 aliphatic rings. The van der Waals surface area contributed by atoms with Crippen LogP contribution in [0.5, 0.6) is 0 Å². The van der Waals surface area contributed by atoms with Crippen LogP contribution in [-0.4, -0.2) is 24.2 Å². The van der Waals surface area contributed by atoms with Crippen LogP contribution in [0.1, 0.15) is 24.6 Å². The molecule has 0 bridgehead atoms. The third kappa shape index (κ3) is 3.30. The molecule has 21 heavy (non-hydrogen) atoms. The second-order valence-electron chi connectivity index (χ2n) is 5.68. The molecule has 3 rings (SSSR count). The van der Waals surface area contributed by atoms with E-state index in [-0.39, 0.29) is 0 Å². The van der Waals surface area contributed by atoms with Crippen molar-refractivity contribution < 1.29 is 0 Å². The molecule has 2 aromatic rings. The minimum absolute atomic E-state index is 0.970. The lowest BCUT2D eigenvalue weighted by molar-refractivity contribution is 0.604. The van der Waals surface area contributed by atoms with Gasteiger partial charge in [0.05, 0.1) is 0 Å². The lowest BCUT2D eigenvalue weighted by Crippen LogP contribution is -2.26. The van der Waals surface area contributed by atoms with Crippen LogP contribution in [0.25, 0.3) is 0 Å². The van der Waals surface area contributed by atoms with Crippen molar-refractivity contribution in [3.05, 3.63) is 53.9 Å². The first-order chi connectivity index (χ1) is 10.4. The van der Waals surface area contributed by atoms with Crippen molar-refractivity contribution in [3.8, 4) is 0 Å². The summed E-state index contributed by atoms with van der Waals surface area (Å²) in [5, 5.41) is 3.56. The highest BCUT2D eigenvalue weighted by Gasteiger charge is 2.17. The minimum Gasteiger partial charge on any atom is -0.371 e. The Balaban J connectivity index is 1.40.